The van der Waals surface area contributed by atoms with Gasteiger partial charge in [0.1, 0.15) is 5.75 Å². The number of hydrogen-bond donors (Lipinski definition) is 3. The van der Waals surface area contributed by atoms with Crippen LogP contribution < -0.4 is 10.7 Å². The first kappa shape index (κ1) is 20.3. The van der Waals surface area contributed by atoms with E-state index in [9.17, 15) is 14.7 Å². The van der Waals surface area contributed by atoms with Gasteiger partial charge in [-0.25, -0.2) is 5.43 Å². The molecule has 3 aromatic rings. The fourth-order valence-corrected chi connectivity index (χ4v) is 2.96. The summed E-state index contributed by atoms with van der Waals surface area (Å²) in [5.74, 6) is -0.564. The molecule has 0 bridgehead atoms. The molecule has 7 heteroatoms. The molecular weight excluding hydrogens is 434 g/mol. The molecule has 29 heavy (non-hydrogen) atoms. The third-order valence-electron chi connectivity index (χ3n) is 4.15. The van der Waals surface area contributed by atoms with Crippen LogP contribution >= 0.6 is 15.9 Å². The van der Waals surface area contributed by atoms with Crippen LogP contribution in [-0.2, 0) is 0 Å². The lowest BCUT2D eigenvalue weighted by Crippen LogP contribution is -2.18. The van der Waals surface area contributed by atoms with Crippen LogP contribution in [0.15, 0.2) is 76.3 Å². The van der Waals surface area contributed by atoms with Crippen molar-refractivity contribution < 1.29 is 14.7 Å². The smallest absolute Gasteiger partial charge is 0.271 e. The number of anilines is 1. The minimum absolute atomic E-state index is 0.0555. The van der Waals surface area contributed by atoms with Crippen molar-refractivity contribution >= 4 is 39.6 Å². The molecule has 0 spiro atoms. The highest BCUT2D eigenvalue weighted by atomic mass is 79.9. The Morgan fingerprint density at radius 1 is 1.00 bits per heavy atom. The van der Waals surface area contributed by atoms with E-state index < -0.39 is 5.91 Å². The Balaban J connectivity index is 1.61. The number of halogens is 1. The van der Waals surface area contributed by atoms with Gasteiger partial charge in [0.05, 0.1) is 6.21 Å². The van der Waals surface area contributed by atoms with Gasteiger partial charge in [0, 0.05) is 26.9 Å². The van der Waals surface area contributed by atoms with Crippen LogP contribution in [0, 0.1) is 6.92 Å². The molecule has 0 unspecified atom stereocenters. The van der Waals surface area contributed by atoms with E-state index in [1.807, 2.05) is 25.1 Å². The third kappa shape index (κ3) is 5.30. The van der Waals surface area contributed by atoms with Crippen molar-refractivity contribution in [3.8, 4) is 5.75 Å². The largest absolute Gasteiger partial charge is 0.507 e. The molecule has 0 saturated heterocycles. The predicted molar refractivity (Wildman–Crippen MR) is 116 cm³/mol. The molecule has 0 fully saturated rings. The van der Waals surface area contributed by atoms with Crippen molar-refractivity contribution in [3.63, 3.8) is 0 Å². The average Bonchev–Trinajstić information content (AvgIpc) is 2.71. The van der Waals surface area contributed by atoms with Crippen molar-refractivity contribution in [2.75, 3.05) is 5.32 Å². The van der Waals surface area contributed by atoms with E-state index in [1.54, 1.807) is 42.5 Å². The second-order valence-electron chi connectivity index (χ2n) is 6.25. The van der Waals surface area contributed by atoms with E-state index in [1.165, 1.54) is 12.3 Å². The highest BCUT2D eigenvalue weighted by molar-refractivity contribution is 9.10. The van der Waals surface area contributed by atoms with Crippen LogP contribution in [-0.4, -0.2) is 23.1 Å². The van der Waals surface area contributed by atoms with Gasteiger partial charge in [-0.15, -0.1) is 0 Å². The number of aryl methyl sites for hydroxylation is 1. The molecule has 3 aromatic carbocycles. The Morgan fingerprint density at radius 2 is 1.72 bits per heavy atom. The average molecular weight is 452 g/mol. The molecule has 0 aliphatic rings. The minimum Gasteiger partial charge on any atom is -0.507 e. The highest BCUT2D eigenvalue weighted by Gasteiger charge is 2.09. The molecule has 0 aromatic heterocycles. The topological polar surface area (TPSA) is 90.8 Å². The number of carbonyl (C=O) groups excluding carboxylic acids is 2. The number of nitrogens with one attached hydrogen (secondary N) is 2. The second kappa shape index (κ2) is 9.16. The molecule has 146 valence electrons. The standard InChI is InChI=1S/C22H18BrN3O3/c1-14-4-2-3-5-19(14)22(29)25-18-9-6-15(7-10-18)21(28)26-24-13-16-12-17(23)8-11-20(16)27/h2-13,27H,1H3,(H,25,29)(H,26,28)/b24-13+. The van der Waals surface area contributed by atoms with Gasteiger partial charge in [-0.2, -0.15) is 5.10 Å². The monoisotopic (exact) mass is 451 g/mol. The highest BCUT2D eigenvalue weighted by Crippen LogP contribution is 2.20. The number of phenolic OH excluding ortho intramolecular Hbond substituents is 1. The molecule has 3 N–H and O–H groups in total. The number of phenols is 1. The maximum Gasteiger partial charge on any atom is 0.271 e. The number of amides is 2. The summed E-state index contributed by atoms with van der Waals surface area (Å²) in [6.07, 6.45) is 1.36. The molecule has 6 nitrogen and oxygen atoms in total. The molecule has 2 amide bonds. The lowest BCUT2D eigenvalue weighted by atomic mass is 10.1. The Labute approximate surface area is 176 Å². The number of benzene rings is 3. The van der Waals surface area contributed by atoms with Crippen molar-refractivity contribution in [1.29, 1.82) is 0 Å². The van der Waals surface area contributed by atoms with Gasteiger partial charge in [-0.05, 0) is 61.0 Å². The predicted octanol–water partition coefficient (Wildman–Crippen LogP) is 4.48. The lowest BCUT2D eigenvalue weighted by molar-refractivity contribution is 0.0954. The van der Waals surface area contributed by atoms with Crippen LogP contribution in [0.1, 0.15) is 31.8 Å². The third-order valence-corrected chi connectivity index (χ3v) is 4.65. The maximum atomic E-state index is 12.3. The van der Waals surface area contributed by atoms with Gasteiger partial charge in [0.25, 0.3) is 11.8 Å². The Bertz CT molecular complexity index is 1080. The number of rotatable bonds is 5. The zero-order valence-electron chi connectivity index (χ0n) is 15.5. The van der Waals surface area contributed by atoms with Gasteiger partial charge in [-0.1, -0.05) is 34.1 Å². The number of nitrogens with zero attached hydrogens (tertiary/aromatic N) is 1. The molecule has 0 aliphatic carbocycles. The van der Waals surface area contributed by atoms with Crippen molar-refractivity contribution in [2.24, 2.45) is 5.10 Å². The number of aromatic hydroxyl groups is 1. The summed E-state index contributed by atoms with van der Waals surface area (Å²) in [6.45, 7) is 1.87. The molecular formula is C22H18BrN3O3. The summed E-state index contributed by atoms with van der Waals surface area (Å²) in [7, 11) is 0. The van der Waals surface area contributed by atoms with Crippen LogP contribution in [0.5, 0.6) is 5.75 Å². The van der Waals surface area contributed by atoms with Crippen LogP contribution in [0.2, 0.25) is 0 Å². The summed E-state index contributed by atoms with van der Waals surface area (Å²) in [5.41, 5.74) is 5.32. The molecule has 0 radical (unpaired) electrons. The van der Waals surface area contributed by atoms with E-state index in [4.69, 9.17) is 0 Å². The summed E-state index contributed by atoms with van der Waals surface area (Å²) in [4.78, 5) is 24.6. The minimum atomic E-state index is -0.410. The number of hydrazone groups is 1. The van der Waals surface area contributed by atoms with E-state index >= 15 is 0 Å². The Hall–Kier alpha value is -3.45. The Morgan fingerprint density at radius 3 is 2.45 bits per heavy atom. The maximum absolute atomic E-state index is 12.3. The van der Waals surface area contributed by atoms with Gasteiger partial charge in [0.2, 0.25) is 0 Å². The van der Waals surface area contributed by atoms with E-state index in [0.717, 1.165) is 10.0 Å². The molecule has 0 heterocycles. The zero-order valence-corrected chi connectivity index (χ0v) is 17.1. The quantitative estimate of drug-likeness (QED) is 0.394. The lowest BCUT2D eigenvalue weighted by Gasteiger charge is -2.08. The molecule has 3 rings (SSSR count). The molecule has 0 saturated carbocycles. The first-order valence-electron chi connectivity index (χ1n) is 8.73. The van der Waals surface area contributed by atoms with E-state index in [0.29, 0.717) is 22.4 Å². The molecule has 0 atom stereocenters. The zero-order chi connectivity index (χ0) is 20.8. The van der Waals surface area contributed by atoms with Crippen molar-refractivity contribution in [3.05, 3.63) is 93.5 Å². The SMILES string of the molecule is Cc1ccccc1C(=O)Nc1ccc(C(=O)N/N=C/c2cc(Br)ccc2O)cc1. The number of carbonyl (C=O) groups is 2. The number of hydrogen-bond acceptors (Lipinski definition) is 4. The molecule has 0 aliphatic heterocycles. The summed E-state index contributed by atoms with van der Waals surface area (Å²) >= 11 is 3.31. The second-order valence-corrected chi connectivity index (χ2v) is 7.16. The van der Waals surface area contributed by atoms with Crippen molar-refractivity contribution in [2.45, 2.75) is 6.92 Å². The summed E-state index contributed by atoms with van der Waals surface area (Å²) < 4.78 is 0.784. The van der Waals surface area contributed by atoms with Gasteiger partial charge < -0.3 is 10.4 Å². The fraction of sp³-hybridized carbons (Fsp3) is 0.0455. The normalized spacial score (nSPS) is 10.7. The fourth-order valence-electron chi connectivity index (χ4n) is 2.58. The van der Waals surface area contributed by atoms with Gasteiger partial charge in [0.15, 0.2) is 0 Å². The van der Waals surface area contributed by atoms with Crippen LogP contribution in [0.25, 0.3) is 0 Å². The van der Waals surface area contributed by atoms with Crippen LogP contribution in [0.3, 0.4) is 0 Å². The Kier molecular flexibility index (Phi) is 6.41. The van der Waals surface area contributed by atoms with Crippen molar-refractivity contribution in [1.82, 2.24) is 5.43 Å². The van der Waals surface area contributed by atoms with Gasteiger partial charge in [-0.3, -0.25) is 9.59 Å². The summed E-state index contributed by atoms with van der Waals surface area (Å²) in [5, 5.41) is 16.4. The van der Waals surface area contributed by atoms with E-state index in [-0.39, 0.29) is 11.7 Å². The van der Waals surface area contributed by atoms with Crippen LogP contribution in [0.4, 0.5) is 5.69 Å². The first-order chi connectivity index (χ1) is 13.9. The summed E-state index contributed by atoms with van der Waals surface area (Å²) in [6, 6.07) is 18.7. The van der Waals surface area contributed by atoms with Gasteiger partial charge >= 0.3 is 0 Å². The first-order valence-corrected chi connectivity index (χ1v) is 9.52. The van der Waals surface area contributed by atoms with E-state index in [2.05, 4.69) is 31.8 Å².